The molecule has 2 amide bonds. The topological polar surface area (TPSA) is 55.9 Å². The molecule has 2 heterocycles. The molecule has 2 aliphatic rings. The van der Waals surface area contributed by atoms with Gasteiger partial charge in [-0.2, -0.15) is 0 Å². The summed E-state index contributed by atoms with van der Waals surface area (Å²) < 4.78 is 0. The van der Waals surface area contributed by atoms with Crippen LogP contribution < -0.4 is 10.2 Å². The average molecular weight is 435 g/mol. The van der Waals surface area contributed by atoms with Crippen LogP contribution in [0.15, 0.2) is 54.6 Å². The molecule has 0 saturated carbocycles. The van der Waals surface area contributed by atoms with Crippen LogP contribution in [0.5, 0.6) is 0 Å². The van der Waals surface area contributed by atoms with Gasteiger partial charge >= 0.3 is 0 Å². The Labute approximate surface area is 191 Å². The first-order chi connectivity index (χ1) is 15.5. The lowest BCUT2D eigenvalue weighted by Gasteiger charge is -2.38. The Bertz CT molecular complexity index is 905. The minimum atomic E-state index is -0.227. The van der Waals surface area contributed by atoms with Crippen LogP contribution in [0.3, 0.4) is 0 Å². The van der Waals surface area contributed by atoms with Gasteiger partial charge < -0.3 is 15.1 Å². The summed E-state index contributed by atoms with van der Waals surface area (Å²) in [5, 5.41) is 3.16. The van der Waals surface area contributed by atoms with Crippen LogP contribution in [-0.2, 0) is 4.79 Å². The Morgan fingerprint density at radius 2 is 1.62 bits per heavy atom. The molecule has 2 saturated heterocycles. The lowest BCUT2D eigenvalue weighted by atomic mass is 10.1. The van der Waals surface area contributed by atoms with Crippen molar-refractivity contribution in [3.05, 3.63) is 65.7 Å². The predicted octanol–water partition coefficient (Wildman–Crippen LogP) is 3.31. The van der Waals surface area contributed by atoms with Gasteiger partial charge in [0, 0.05) is 63.0 Å². The normalized spacial score (nSPS) is 18.3. The SMILES string of the molecule is CC(C)N1CCN(c2ccc(C(=O)NC(CN3CCCC3=O)c3ccccc3)cc2)CC1. The van der Waals surface area contributed by atoms with Crippen LogP contribution in [0.4, 0.5) is 5.69 Å². The van der Waals surface area contributed by atoms with Gasteiger partial charge in [-0.3, -0.25) is 14.5 Å². The molecule has 2 aromatic rings. The van der Waals surface area contributed by atoms with E-state index in [4.69, 9.17) is 0 Å². The average Bonchev–Trinajstić information content (AvgIpc) is 3.23. The second-order valence-electron chi connectivity index (χ2n) is 9.04. The second kappa shape index (κ2) is 10.2. The molecule has 0 radical (unpaired) electrons. The molecule has 32 heavy (non-hydrogen) atoms. The molecule has 6 nitrogen and oxygen atoms in total. The third-order valence-electron chi connectivity index (χ3n) is 6.62. The second-order valence-corrected chi connectivity index (χ2v) is 9.04. The van der Waals surface area contributed by atoms with E-state index < -0.39 is 0 Å². The molecule has 0 spiro atoms. The van der Waals surface area contributed by atoms with Gasteiger partial charge in [0.15, 0.2) is 0 Å². The van der Waals surface area contributed by atoms with Gasteiger partial charge in [-0.1, -0.05) is 30.3 Å². The molecule has 0 bridgehead atoms. The van der Waals surface area contributed by atoms with E-state index in [1.165, 1.54) is 0 Å². The van der Waals surface area contributed by atoms with E-state index in [-0.39, 0.29) is 17.9 Å². The standard InChI is InChI=1S/C26H34N4O2/c1-20(2)28-15-17-29(18-16-28)23-12-10-22(11-13-23)26(32)27-24(21-7-4-3-5-8-21)19-30-14-6-9-25(30)31/h3-5,7-8,10-13,20,24H,6,9,14-19H2,1-2H3,(H,27,32). The molecular formula is C26H34N4O2. The first kappa shape index (κ1) is 22.3. The van der Waals surface area contributed by atoms with Gasteiger partial charge in [-0.15, -0.1) is 0 Å². The number of amides is 2. The van der Waals surface area contributed by atoms with Crippen molar-refractivity contribution >= 4 is 17.5 Å². The third-order valence-corrected chi connectivity index (χ3v) is 6.62. The number of nitrogens with zero attached hydrogens (tertiary/aromatic N) is 3. The van der Waals surface area contributed by atoms with Crippen molar-refractivity contribution in [2.24, 2.45) is 0 Å². The molecule has 4 rings (SSSR count). The molecule has 6 heteroatoms. The van der Waals surface area contributed by atoms with Crippen molar-refractivity contribution in [2.45, 2.75) is 38.8 Å². The van der Waals surface area contributed by atoms with E-state index >= 15 is 0 Å². The Morgan fingerprint density at radius 3 is 2.22 bits per heavy atom. The quantitative estimate of drug-likeness (QED) is 0.727. The number of benzene rings is 2. The highest BCUT2D eigenvalue weighted by molar-refractivity contribution is 5.94. The highest BCUT2D eigenvalue weighted by atomic mass is 16.2. The molecule has 2 aromatic carbocycles. The number of hydrogen-bond donors (Lipinski definition) is 1. The summed E-state index contributed by atoms with van der Waals surface area (Å²) >= 11 is 0. The fourth-order valence-corrected chi connectivity index (χ4v) is 4.60. The molecule has 0 aromatic heterocycles. The number of anilines is 1. The Hall–Kier alpha value is -2.86. The van der Waals surface area contributed by atoms with Gasteiger partial charge in [0.2, 0.25) is 5.91 Å². The van der Waals surface area contributed by atoms with Crippen LogP contribution in [0.1, 0.15) is 48.7 Å². The monoisotopic (exact) mass is 434 g/mol. The Kier molecular flexibility index (Phi) is 7.10. The summed E-state index contributed by atoms with van der Waals surface area (Å²) in [5.74, 6) is 0.0590. The molecule has 1 unspecified atom stereocenters. The zero-order valence-electron chi connectivity index (χ0n) is 19.2. The van der Waals surface area contributed by atoms with Crippen LogP contribution in [0.2, 0.25) is 0 Å². The minimum Gasteiger partial charge on any atom is -0.369 e. The molecule has 2 aliphatic heterocycles. The molecular weight excluding hydrogens is 400 g/mol. The zero-order valence-corrected chi connectivity index (χ0v) is 19.2. The van der Waals surface area contributed by atoms with Crippen LogP contribution in [0, 0.1) is 0 Å². The van der Waals surface area contributed by atoms with Crippen LogP contribution >= 0.6 is 0 Å². The van der Waals surface area contributed by atoms with Gasteiger partial charge in [-0.25, -0.2) is 0 Å². The minimum absolute atomic E-state index is 0.110. The molecule has 170 valence electrons. The number of carbonyl (C=O) groups is 2. The van der Waals surface area contributed by atoms with E-state index in [1.807, 2.05) is 59.5 Å². The maximum Gasteiger partial charge on any atom is 0.251 e. The van der Waals surface area contributed by atoms with E-state index in [1.54, 1.807) is 0 Å². The summed E-state index contributed by atoms with van der Waals surface area (Å²) in [6, 6.07) is 18.2. The zero-order chi connectivity index (χ0) is 22.5. The maximum absolute atomic E-state index is 13.1. The summed E-state index contributed by atoms with van der Waals surface area (Å²) in [5.41, 5.74) is 2.82. The van der Waals surface area contributed by atoms with Gasteiger partial charge in [0.05, 0.1) is 6.04 Å². The van der Waals surface area contributed by atoms with Gasteiger partial charge in [0.1, 0.15) is 0 Å². The van der Waals surface area contributed by atoms with Crippen molar-refractivity contribution in [2.75, 3.05) is 44.2 Å². The largest absolute Gasteiger partial charge is 0.369 e. The van der Waals surface area contributed by atoms with Crippen LogP contribution in [-0.4, -0.2) is 66.9 Å². The summed E-state index contributed by atoms with van der Waals surface area (Å²) in [6.45, 7) is 9.88. The summed E-state index contributed by atoms with van der Waals surface area (Å²) in [6.07, 6.45) is 1.49. The molecule has 2 fully saturated rings. The van der Waals surface area contributed by atoms with Crippen molar-refractivity contribution in [3.63, 3.8) is 0 Å². The highest BCUT2D eigenvalue weighted by Gasteiger charge is 2.26. The van der Waals surface area contributed by atoms with Crippen LogP contribution in [0.25, 0.3) is 0 Å². The van der Waals surface area contributed by atoms with Crippen molar-refractivity contribution < 1.29 is 9.59 Å². The number of rotatable bonds is 7. The first-order valence-electron chi connectivity index (χ1n) is 11.7. The number of hydrogen-bond acceptors (Lipinski definition) is 4. The van der Waals surface area contributed by atoms with Crippen molar-refractivity contribution in [1.82, 2.24) is 15.1 Å². The molecule has 1 atom stereocenters. The smallest absolute Gasteiger partial charge is 0.251 e. The fraction of sp³-hybridized carbons (Fsp3) is 0.462. The number of piperazine rings is 1. The summed E-state index contributed by atoms with van der Waals surface area (Å²) in [7, 11) is 0. The molecule has 1 N–H and O–H groups in total. The van der Waals surface area contributed by atoms with Crippen molar-refractivity contribution in [1.29, 1.82) is 0 Å². The van der Waals surface area contributed by atoms with E-state index in [2.05, 4.69) is 29.0 Å². The van der Waals surface area contributed by atoms with E-state index in [0.29, 0.717) is 24.6 Å². The fourth-order valence-electron chi connectivity index (χ4n) is 4.60. The van der Waals surface area contributed by atoms with E-state index in [9.17, 15) is 9.59 Å². The third kappa shape index (κ3) is 5.30. The predicted molar refractivity (Wildman–Crippen MR) is 128 cm³/mol. The maximum atomic E-state index is 13.1. The Morgan fingerprint density at radius 1 is 0.938 bits per heavy atom. The van der Waals surface area contributed by atoms with Crippen molar-refractivity contribution in [3.8, 4) is 0 Å². The molecule has 0 aliphatic carbocycles. The lowest BCUT2D eigenvalue weighted by Crippen LogP contribution is -2.48. The lowest BCUT2D eigenvalue weighted by molar-refractivity contribution is -0.128. The Balaban J connectivity index is 1.41. The number of likely N-dealkylation sites (tertiary alicyclic amines) is 1. The van der Waals surface area contributed by atoms with Gasteiger partial charge in [-0.05, 0) is 50.1 Å². The summed E-state index contributed by atoms with van der Waals surface area (Å²) in [4.78, 5) is 31.9. The first-order valence-corrected chi connectivity index (χ1v) is 11.7. The van der Waals surface area contributed by atoms with Gasteiger partial charge in [0.25, 0.3) is 5.91 Å². The number of carbonyl (C=O) groups excluding carboxylic acids is 2. The van der Waals surface area contributed by atoms with E-state index in [0.717, 1.165) is 50.4 Å². The number of nitrogens with one attached hydrogen (secondary N) is 1. The highest BCUT2D eigenvalue weighted by Crippen LogP contribution is 2.21.